The number of nitrogens with zero attached hydrogens (tertiary/aromatic N) is 5. The van der Waals surface area contributed by atoms with E-state index in [1.54, 1.807) is 13.1 Å². The monoisotopic (exact) mass is 632 g/mol. The van der Waals surface area contributed by atoms with E-state index in [2.05, 4.69) is 30.2 Å². The van der Waals surface area contributed by atoms with Gasteiger partial charge < -0.3 is 25.7 Å². The number of nitrogen functional groups attached to an aromatic ring is 1. The summed E-state index contributed by atoms with van der Waals surface area (Å²) in [6.45, 7) is 7.40. The number of H-pyrrole nitrogens is 1. The molecular formula is C29H32ClF3N8O3. The number of fused-ring (bicyclic) bond motifs is 1. The third-order valence-corrected chi connectivity index (χ3v) is 8.12. The number of aryl methyl sites for hydroxylation is 2. The SMILES string of the molecule is COc1c(C)cnc(CN2C(=O)C(=Cc3[nH]c(C)c(C(=O)NCCN4CCCC4)c3C(F)(F)F)c3c(Cl)nc(N)nc32)c1C. The van der Waals surface area contributed by atoms with Crippen LogP contribution in [0, 0.1) is 20.8 Å². The Hall–Kier alpha value is -4.17. The van der Waals surface area contributed by atoms with Crippen LogP contribution in [0.2, 0.25) is 5.15 Å². The minimum absolute atomic E-state index is 0.00315. The first-order valence-corrected chi connectivity index (χ1v) is 14.4. The number of pyridine rings is 1. The van der Waals surface area contributed by atoms with E-state index in [0.717, 1.165) is 37.6 Å². The first kappa shape index (κ1) is 31.3. The summed E-state index contributed by atoms with van der Waals surface area (Å²) in [5, 5.41) is 2.40. The van der Waals surface area contributed by atoms with E-state index in [4.69, 9.17) is 22.1 Å². The topological polar surface area (TPSA) is 142 Å². The number of aromatic amines is 1. The molecule has 0 aromatic carbocycles. The van der Waals surface area contributed by atoms with Crippen molar-refractivity contribution in [2.75, 3.05) is 43.9 Å². The van der Waals surface area contributed by atoms with E-state index < -0.39 is 34.8 Å². The van der Waals surface area contributed by atoms with Gasteiger partial charge in [-0.15, -0.1) is 0 Å². The number of anilines is 2. The first-order valence-electron chi connectivity index (χ1n) is 14.0. The van der Waals surface area contributed by atoms with Crippen LogP contribution in [-0.4, -0.2) is 69.9 Å². The molecule has 1 saturated heterocycles. The standard InChI is InChI=1S/C29H32ClF3N8O3/c1-14-12-36-19(15(2)23(14)44-4)13-41-25-21(24(30)38-28(34)39-25)17(27(41)43)11-18-22(29(31,32)33)20(16(3)37-18)26(42)35-7-10-40-8-5-6-9-40/h11-12,37H,5-10,13H2,1-4H3,(H,35,42)(H2,34,38,39). The highest BCUT2D eigenvalue weighted by Crippen LogP contribution is 2.44. The fraction of sp³-hybridized carbons (Fsp3) is 0.414. The fourth-order valence-electron chi connectivity index (χ4n) is 5.78. The summed E-state index contributed by atoms with van der Waals surface area (Å²) in [5.74, 6) is -1.17. The van der Waals surface area contributed by atoms with Gasteiger partial charge in [-0.2, -0.15) is 18.2 Å². The van der Waals surface area contributed by atoms with Crippen LogP contribution in [0.15, 0.2) is 6.20 Å². The van der Waals surface area contributed by atoms with E-state index in [9.17, 15) is 22.8 Å². The van der Waals surface area contributed by atoms with E-state index in [1.807, 2.05) is 6.92 Å². The summed E-state index contributed by atoms with van der Waals surface area (Å²) < 4.78 is 49.1. The van der Waals surface area contributed by atoms with Crippen molar-refractivity contribution in [2.45, 2.75) is 46.3 Å². The number of nitrogens with one attached hydrogen (secondary N) is 2. The molecule has 4 N–H and O–H groups in total. The molecule has 15 heteroatoms. The normalized spacial score (nSPS) is 16.2. The number of carbonyl (C=O) groups excluding carboxylic acids is 2. The minimum atomic E-state index is -4.93. The number of hydrogen-bond donors (Lipinski definition) is 3. The van der Waals surface area contributed by atoms with Crippen LogP contribution in [0.4, 0.5) is 24.9 Å². The van der Waals surface area contributed by atoms with Crippen LogP contribution in [0.5, 0.6) is 5.75 Å². The number of aromatic nitrogens is 4. The summed E-state index contributed by atoms with van der Waals surface area (Å²) in [5.41, 5.74) is 5.37. The van der Waals surface area contributed by atoms with E-state index in [-0.39, 0.29) is 46.8 Å². The molecule has 2 amide bonds. The number of methoxy groups -OCH3 is 1. The molecule has 2 aliphatic rings. The van der Waals surface area contributed by atoms with Crippen molar-refractivity contribution in [3.63, 3.8) is 0 Å². The maximum absolute atomic E-state index is 14.5. The van der Waals surface area contributed by atoms with Gasteiger partial charge in [-0.05, 0) is 52.8 Å². The van der Waals surface area contributed by atoms with Crippen LogP contribution < -0.4 is 20.7 Å². The van der Waals surface area contributed by atoms with Gasteiger partial charge in [0.2, 0.25) is 5.95 Å². The average molecular weight is 633 g/mol. The number of halogens is 4. The molecule has 5 rings (SSSR count). The van der Waals surface area contributed by atoms with Crippen molar-refractivity contribution < 1.29 is 27.5 Å². The molecule has 44 heavy (non-hydrogen) atoms. The minimum Gasteiger partial charge on any atom is -0.496 e. The van der Waals surface area contributed by atoms with Crippen molar-refractivity contribution >= 4 is 46.8 Å². The van der Waals surface area contributed by atoms with Gasteiger partial charge in [0.25, 0.3) is 11.8 Å². The van der Waals surface area contributed by atoms with Gasteiger partial charge in [0, 0.05) is 36.1 Å². The molecule has 1 fully saturated rings. The van der Waals surface area contributed by atoms with Crippen LogP contribution in [0.25, 0.3) is 11.6 Å². The zero-order valence-electron chi connectivity index (χ0n) is 24.7. The lowest BCUT2D eigenvalue weighted by atomic mass is 10.0. The number of hydrogen-bond acceptors (Lipinski definition) is 8. The van der Waals surface area contributed by atoms with E-state index in [1.165, 1.54) is 18.9 Å². The molecule has 3 aromatic heterocycles. The maximum atomic E-state index is 14.5. The molecule has 234 valence electrons. The number of alkyl halides is 3. The molecule has 0 atom stereocenters. The Labute approximate surface area is 256 Å². The molecule has 0 unspecified atom stereocenters. The number of ether oxygens (including phenoxy) is 1. The smallest absolute Gasteiger partial charge is 0.419 e. The Morgan fingerprint density at radius 1 is 1.23 bits per heavy atom. The predicted molar refractivity (Wildman–Crippen MR) is 159 cm³/mol. The summed E-state index contributed by atoms with van der Waals surface area (Å²) >= 11 is 6.41. The average Bonchev–Trinajstić information content (AvgIpc) is 3.64. The molecule has 3 aromatic rings. The maximum Gasteiger partial charge on any atom is 0.419 e. The Morgan fingerprint density at radius 3 is 2.59 bits per heavy atom. The molecule has 0 bridgehead atoms. The van der Waals surface area contributed by atoms with Crippen molar-refractivity contribution in [3.05, 3.63) is 56.2 Å². The Morgan fingerprint density at radius 2 is 1.93 bits per heavy atom. The molecule has 11 nitrogen and oxygen atoms in total. The zero-order valence-corrected chi connectivity index (χ0v) is 25.4. The summed E-state index contributed by atoms with van der Waals surface area (Å²) in [6, 6.07) is 0. The third kappa shape index (κ3) is 5.83. The molecular weight excluding hydrogens is 601 g/mol. The molecule has 2 aliphatic heterocycles. The summed E-state index contributed by atoms with van der Waals surface area (Å²) in [7, 11) is 1.52. The number of carbonyl (C=O) groups is 2. The number of nitrogens with two attached hydrogens (primary N) is 1. The molecule has 5 heterocycles. The summed E-state index contributed by atoms with van der Waals surface area (Å²) in [4.78, 5) is 45.5. The van der Waals surface area contributed by atoms with Crippen molar-refractivity contribution in [3.8, 4) is 5.75 Å². The van der Waals surface area contributed by atoms with Gasteiger partial charge >= 0.3 is 6.18 Å². The van der Waals surface area contributed by atoms with Gasteiger partial charge in [0.05, 0.1) is 47.3 Å². The Balaban J connectivity index is 1.55. The number of likely N-dealkylation sites (tertiary alicyclic amines) is 1. The molecule has 0 aliphatic carbocycles. The van der Waals surface area contributed by atoms with E-state index in [0.29, 0.717) is 23.6 Å². The summed E-state index contributed by atoms with van der Waals surface area (Å²) in [6.07, 6.45) is -0.201. The second-order valence-corrected chi connectivity index (χ2v) is 11.1. The van der Waals surface area contributed by atoms with Crippen molar-refractivity contribution in [2.24, 2.45) is 0 Å². The highest BCUT2D eigenvalue weighted by atomic mass is 35.5. The number of amides is 2. The first-order chi connectivity index (χ1) is 20.8. The largest absolute Gasteiger partial charge is 0.496 e. The van der Waals surface area contributed by atoms with Crippen molar-refractivity contribution in [1.29, 1.82) is 0 Å². The van der Waals surface area contributed by atoms with Crippen LogP contribution in [0.1, 0.15) is 62.5 Å². The molecule has 0 spiro atoms. The van der Waals surface area contributed by atoms with Gasteiger partial charge in [-0.1, -0.05) is 11.6 Å². The lowest BCUT2D eigenvalue weighted by molar-refractivity contribution is -0.138. The molecule has 0 saturated carbocycles. The quantitative estimate of drug-likeness (QED) is 0.247. The second-order valence-electron chi connectivity index (χ2n) is 10.8. The van der Waals surface area contributed by atoms with Gasteiger partial charge in [-0.3, -0.25) is 19.5 Å². The zero-order chi connectivity index (χ0) is 31.9. The third-order valence-electron chi connectivity index (χ3n) is 7.85. The fourth-order valence-corrected chi connectivity index (χ4v) is 6.05. The van der Waals surface area contributed by atoms with Gasteiger partial charge in [-0.25, -0.2) is 4.98 Å². The van der Waals surface area contributed by atoms with Crippen molar-refractivity contribution in [1.82, 2.24) is 30.2 Å². The number of rotatable bonds is 8. The highest BCUT2D eigenvalue weighted by Gasteiger charge is 2.42. The molecule has 0 radical (unpaired) electrons. The van der Waals surface area contributed by atoms with Crippen LogP contribution >= 0.6 is 11.6 Å². The Bertz CT molecular complexity index is 1660. The highest BCUT2D eigenvalue weighted by molar-refractivity contribution is 6.41. The van der Waals surface area contributed by atoms with Gasteiger partial charge in [0.15, 0.2) is 5.82 Å². The predicted octanol–water partition coefficient (Wildman–Crippen LogP) is 4.30. The lowest BCUT2D eigenvalue weighted by Gasteiger charge is -2.19. The lowest BCUT2D eigenvalue weighted by Crippen LogP contribution is -2.34. The van der Waals surface area contributed by atoms with Gasteiger partial charge in [0.1, 0.15) is 10.9 Å². The van der Waals surface area contributed by atoms with E-state index >= 15 is 0 Å². The second kappa shape index (κ2) is 12.1. The van der Waals surface area contributed by atoms with Crippen LogP contribution in [-0.2, 0) is 17.5 Å². The van der Waals surface area contributed by atoms with Crippen LogP contribution in [0.3, 0.4) is 0 Å². The Kier molecular flexibility index (Phi) is 8.58.